The zero-order valence-corrected chi connectivity index (χ0v) is 11.5. The molecule has 0 heterocycles. The number of Topliss-reactive ketones (excluding diaryl/α,β-unsaturated/α-hetero) is 1. The number of hydrogen-bond acceptors (Lipinski definition) is 2. The number of carbonyl (C=O) groups is 1. The fraction of sp³-hybridized carbons (Fsp3) is 0.235. The topological polar surface area (TPSA) is 26.3 Å². The lowest BCUT2D eigenvalue weighted by Crippen LogP contribution is -2.03. The van der Waals surface area contributed by atoms with E-state index < -0.39 is 0 Å². The molecule has 110 valence electrons. The SMILES string of the molecule is O=C(CCCOCc1ccccc1F)c1ccc(F)cc1. The monoisotopic (exact) mass is 290 g/mol. The van der Waals surface area contributed by atoms with Crippen LogP contribution in [-0.2, 0) is 11.3 Å². The van der Waals surface area contributed by atoms with Gasteiger partial charge in [-0.15, -0.1) is 0 Å². The fourth-order valence-corrected chi connectivity index (χ4v) is 1.91. The van der Waals surface area contributed by atoms with Gasteiger partial charge < -0.3 is 4.74 Å². The Morgan fingerprint density at radius 3 is 2.43 bits per heavy atom. The minimum absolute atomic E-state index is 0.0514. The van der Waals surface area contributed by atoms with Crippen LogP contribution in [0.25, 0.3) is 0 Å². The highest BCUT2D eigenvalue weighted by molar-refractivity contribution is 5.95. The van der Waals surface area contributed by atoms with E-state index in [1.165, 1.54) is 30.3 Å². The zero-order valence-electron chi connectivity index (χ0n) is 11.5. The number of benzene rings is 2. The molecule has 0 saturated heterocycles. The van der Waals surface area contributed by atoms with Crippen LogP contribution in [0.5, 0.6) is 0 Å². The standard InChI is InChI=1S/C17H16F2O2/c18-15-9-7-13(8-10-15)17(20)6-3-11-21-12-14-4-1-2-5-16(14)19/h1-2,4-5,7-10H,3,6,11-12H2. The van der Waals surface area contributed by atoms with Crippen LogP contribution in [0.4, 0.5) is 8.78 Å². The van der Waals surface area contributed by atoms with Crippen LogP contribution < -0.4 is 0 Å². The van der Waals surface area contributed by atoms with Gasteiger partial charge >= 0.3 is 0 Å². The van der Waals surface area contributed by atoms with Crippen LogP contribution in [0, 0.1) is 11.6 Å². The zero-order chi connectivity index (χ0) is 15.1. The molecule has 0 aliphatic heterocycles. The van der Waals surface area contributed by atoms with E-state index in [2.05, 4.69) is 0 Å². The molecule has 0 unspecified atom stereocenters. The average molecular weight is 290 g/mol. The summed E-state index contributed by atoms with van der Waals surface area (Å²) in [6.07, 6.45) is 0.869. The van der Waals surface area contributed by atoms with E-state index in [0.717, 1.165) is 0 Å². The van der Waals surface area contributed by atoms with Gasteiger partial charge in [-0.3, -0.25) is 4.79 Å². The summed E-state index contributed by atoms with van der Waals surface area (Å²) < 4.78 is 31.4. The van der Waals surface area contributed by atoms with Crippen molar-refractivity contribution in [2.75, 3.05) is 6.61 Å². The van der Waals surface area contributed by atoms with Crippen molar-refractivity contribution >= 4 is 5.78 Å². The maximum atomic E-state index is 13.3. The number of rotatable bonds is 7. The number of halogens is 2. The molecule has 0 spiro atoms. The highest BCUT2D eigenvalue weighted by Crippen LogP contribution is 2.10. The third-order valence-electron chi connectivity index (χ3n) is 3.07. The van der Waals surface area contributed by atoms with Gasteiger partial charge in [0.05, 0.1) is 6.61 Å². The first kappa shape index (κ1) is 15.3. The first-order valence-corrected chi connectivity index (χ1v) is 6.77. The van der Waals surface area contributed by atoms with Crippen LogP contribution in [0.1, 0.15) is 28.8 Å². The molecule has 0 aliphatic carbocycles. The molecule has 21 heavy (non-hydrogen) atoms. The summed E-state index contributed by atoms with van der Waals surface area (Å²) in [7, 11) is 0. The van der Waals surface area contributed by atoms with E-state index in [0.29, 0.717) is 30.6 Å². The van der Waals surface area contributed by atoms with Gasteiger partial charge in [-0.05, 0) is 36.8 Å². The summed E-state index contributed by atoms with van der Waals surface area (Å²) in [5.74, 6) is -0.704. The lowest BCUT2D eigenvalue weighted by molar-refractivity contribution is 0.0915. The summed E-state index contributed by atoms with van der Waals surface area (Å²) in [6.45, 7) is 0.568. The summed E-state index contributed by atoms with van der Waals surface area (Å²) in [5, 5.41) is 0. The minimum Gasteiger partial charge on any atom is -0.377 e. The largest absolute Gasteiger partial charge is 0.377 e. The van der Waals surface area contributed by atoms with Gasteiger partial charge in [-0.2, -0.15) is 0 Å². The average Bonchev–Trinajstić information content (AvgIpc) is 2.49. The Labute approximate surface area is 122 Å². The third kappa shape index (κ3) is 4.76. The van der Waals surface area contributed by atoms with Gasteiger partial charge in [0, 0.05) is 24.2 Å². The molecule has 0 saturated carbocycles. The summed E-state index contributed by atoms with van der Waals surface area (Å²) in [5.41, 5.74) is 0.993. The van der Waals surface area contributed by atoms with E-state index in [1.807, 2.05) is 0 Å². The molecule has 0 radical (unpaired) electrons. The van der Waals surface area contributed by atoms with E-state index >= 15 is 0 Å². The highest BCUT2D eigenvalue weighted by Gasteiger charge is 2.06. The quantitative estimate of drug-likeness (QED) is 0.566. The predicted molar refractivity (Wildman–Crippen MR) is 76.0 cm³/mol. The Morgan fingerprint density at radius 1 is 1.00 bits per heavy atom. The van der Waals surface area contributed by atoms with E-state index in [1.54, 1.807) is 18.2 Å². The van der Waals surface area contributed by atoms with Gasteiger partial charge in [0.15, 0.2) is 5.78 Å². The molecule has 0 aromatic heterocycles. The lowest BCUT2D eigenvalue weighted by atomic mass is 10.1. The molecular weight excluding hydrogens is 274 g/mol. The second-order valence-electron chi connectivity index (χ2n) is 4.68. The van der Waals surface area contributed by atoms with E-state index in [9.17, 15) is 13.6 Å². The summed E-state index contributed by atoms with van der Waals surface area (Å²) in [4.78, 5) is 11.8. The predicted octanol–water partition coefficient (Wildman–Crippen LogP) is 4.14. The Kier molecular flexibility index (Phi) is 5.58. The van der Waals surface area contributed by atoms with Crippen molar-refractivity contribution in [2.45, 2.75) is 19.4 Å². The molecule has 0 fully saturated rings. The normalized spacial score (nSPS) is 10.6. The second-order valence-corrected chi connectivity index (χ2v) is 4.68. The van der Waals surface area contributed by atoms with Gasteiger partial charge in [0.1, 0.15) is 11.6 Å². The summed E-state index contributed by atoms with van der Waals surface area (Å²) >= 11 is 0. The molecule has 4 heteroatoms. The van der Waals surface area contributed by atoms with Gasteiger partial charge in [0.2, 0.25) is 0 Å². The van der Waals surface area contributed by atoms with Gasteiger partial charge in [-0.1, -0.05) is 18.2 Å². The number of ketones is 1. The van der Waals surface area contributed by atoms with Crippen molar-refractivity contribution in [3.63, 3.8) is 0 Å². The Balaban J connectivity index is 1.69. The Hall–Kier alpha value is -2.07. The van der Waals surface area contributed by atoms with Crippen LogP contribution in [-0.4, -0.2) is 12.4 Å². The van der Waals surface area contributed by atoms with Crippen LogP contribution in [0.2, 0.25) is 0 Å². The lowest BCUT2D eigenvalue weighted by Gasteiger charge is -2.05. The molecule has 0 N–H and O–H groups in total. The number of ether oxygens (including phenoxy) is 1. The van der Waals surface area contributed by atoms with Crippen LogP contribution in [0.3, 0.4) is 0 Å². The maximum Gasteiger partial charge on any atom is 0.162 e. The maximum absolute atomic E-state index is 13.3. The van der Waals surface area contributed by atoms with Crippen molar-refractivity contribution in [1.82, 2.24) is 0 Å². The first-order chi connectivity index (χ1) is 10.2. The molecule has 2 aromatic carbocycles. The van der Waals surface area contributed by atoms with Crippen LogP contribution in [0.15, 0.2) is 48.5 Å². The molecule has 2 rings (SSSR count). The van der Waals surface area contributed by atoms with E-state index in [-0.39, 0.29) is 24.0 Å². The Morgan fingerprint density at radius 2 is 1.71 bits per heavy atom. The van der Waals surface area contributed by atoms with Gasteiger partial charge in [0.25, 0.3) is 0 Å². The summed E-state index contributed by atoms with van der Waals surface area (Å²) in [6, 6.07) is 11.9. The van der Waals surface area contributed by atoms with Crippen molar-refractivity contribution < 1.29 is 18.3 Å². The molecule has 0 atom stereocenters. The molecule has 0 amide bonds. The third-order valence-corrected chi connectivity index (χ3v) is 3.07. The molecule has 2 nitrogen and oxygen atoms in total. The van der Waals surface area contributed by atoms with Crippen molar-refractivity contribution in [2.24, 2.45) is 0 Å². The van der Waals surface area contributed by atoms with Crippen molar-refractivity contribution in [3.05, 3.63) is 71.3 Å². The van der Waals surface area contributed by atoms with Crippen LogP contribution >= 0.6 is 0 Å². The Bertz CT molecular complexity index is 594. The smallest absolute Gasteiger partial charge is 0.162 e. The molecule has 2 aromatic rings. The molecule has 0 aliphatic rings. The molecule has 0 bridgehead atoms. The van der Waals surface area contributed by atoms with E-state index in [4.69, 9.17) is 4.74 Å². The fourth-order valence-electron chi connectivity index (χ4n) is 1.91. The highest BCUT2D eigenvalue weighted by atomic mass is 19.1. The number of hydrogen-bond donors (Lipinski definition) is 0. The van der Waals surface area contributed by atoms with Crippen molar-refractivity contribution in [3.8, 4) is 0 Å². The first-order valence-electron chi connectivity index (χ1n) is 6.77. The number of carbonyl (C=O) groups excluding carboxylic acids is 1. The van der Waals surface area contributed by atoms with Crippen molar-refractivity contribution in [1.29, 1.82) is 0 Å². The van der Waals surface area contributed by atoms with Gasteiger partial charge in [-0.25, -0.2) is 8.78 Å². The molecular formula is C17H16F2O2. The minimum atomic E-state index is -0.361. The second kappa shape index (κ2) is 7.64.